The Labute approximate surface area is 126 Å². The van der Waals surface area contributed by atoms with Crippen LogP contribution >= 0.6 is 11.3 Å². The molecule has 0 aliphatic rings. The molecule has 0 bridgehead atoms. The van der Waals surface area contributed by atoms with Gasteiger partial charge in [0.25, 0.3) is 5.56 Å². The summed E-state index contributed by atoms with van der Waals surface area (Å²) in [6.45, 7) is 5.35. The van der Waals surface area contributed by atoms with Crippen molar-refractivity contribution in [1.29, 1.82) is 0 Å². The molecule has 0 aliphatic carbocycles. The zero-order chi connectivity index (χ0) is 15.2. The normalized spacial score (nSPS) is 12.0. The van der Waals surface area contributed by atoms with Crippen molar-refractivity contribution in [2.45, 2.75) is 26.4 Å². The molecule has 4 nitrogen and oxygen atoms in total. The molecule has 0 amide bonds. The predicted octanol–water partition coefficient (Wildman–Crippen LogP) is 2.98. The van der Waals surface area contributed by atoms with E-state index in [4.69, 9.17) is 0 Å². The van der Waals surface area contributed by atoms with E-state index in [1.54, 1.807) is 30.8 Å². The van der Waals surface area contributed by atoms with Gasteiger partial charge in [0, 0.05) is 16.8 Å². The molecule has 0 atom stereocenters. The zero-order valence-corrected chi connectivity index (χ0v) is 12.9. The molecule has 21 heavy (non-hydrogen) atoms. The van der Waals surface area contributed by atoms with Gasteiger partial charge in [-0.2, -0.15) is 0 Å². The average Bonchev–Trinajstić information content (AvgIpc) is 2.85. The monoisotopic (exact) mass is 300 g/mol. The first-order valence-corrected chi connectivity index (χ1v) is 7.49. The fourth-order valence-corrected chi connectivity index (χ4v) is 3.22. The Morgan fingerprint density at radius 1 is 1.29 bits per heavy atom. The van der Waals surface area contributed by atoms with Crippen LogP contribution in [0.5, 0.6) is 0 Å². The van der Waals surface area contributed by atoms with Crippen LogP contribution in [0.2, 0.25) is 0 Å². The van der Waals surface area contributed by atoms with Crippen LogP contribution in [0.1, 0.15) is 24.4 Å². The third-order valence-electron chi connectivity index (χ3n) is 3.35. The highest BCUT2D eigenvalue weighted by Gasteiger charge is 2.20. The quantitative estimate of drug-likeness (QED) is 0.791. The van der Waals surface area contributed by atoms with Gasteiger partial charge in [0.15, 0.2) is 0 Å². The Balaban J connectivity index is 2.20. The van der Waals surface area contributed by atoms with E-state index in [0.29, 0.717) is 4.70 Å². The number of fused-ring (bicyclic) bond motifs is 1. The summed E-state index contributed by atoms with van der Waals surface area (Å²) in [5, 5.41) is 10.9. The van der Waals surface area contributed by atoms with Gasteiger partial charge in [-0.25, -0.2) is 0 Å². The van der Waals surface area contributed by atoms with Crippen LogP contribution in [-0.2, 0) is 5.60 Å². The third kappa shape index (κ3) is 2.50. The van der Waals surface area contributed by atoms with Crippen molar-refractivity contribution in [3.63, 3.8) is 0 Å². The molecule has 0 radical (unpaired) electrons. The van der Waals surface area contributed by atoms with E-state index in [0.717, 1.165) is 21.6 Å². The lowest BCUT2D eigenvalue weighted by atomic mass is 10.1. The third-order valence-corrected chi connectivity index (χ3v) is 4.81. The number of nitrogens with zero attached hydrogens (tertiary/aromatic N) is 2. The van der Waals surface area contributed by atoms with Crippen LogP contribution in [0.3, 0.4) is 0 Å². The zero-order valence-electron chi connectivity index (χ0n) is 12.1. The summed E-state index contributed by atoms with van der Waals surface area (Å²) in [6, 6.07) is 7.52. The van der Waals surface area contributed by atoms with Crippen LogP contribution in [0.15, 0.2) is 41.5 Å². The fraction of sp³-hybridized carbons (Fsp3) is 0.250. The van der Waals surface area contributed by atoms with E-state index in [2.05, 4.69) is 4.98 Å². The van der Waals surface area contributed by atoms with Gasteiger partial charge < -0.3 is 5.11 Å². The van der Waals surface area contributed by atoms with Crippen molar-refractivity contribution in [1.82, 2.24) is 9.55 Å². The Kier molecular flexibility index (Phi) is 3.19. The summed E-state index contributed by atoms with van der Waals surface area (Å²) < 4.78 is 2.23. The molecule has 5 heteroatoms. The highest BCUT2D eigenvalue weighted by Crippen LogP contribution is 2.31. The van der Waals surface area contributed by atoms with Crippen molar-refractivity contribution in [3.05, 3.63) is 57.6 Å². The minimum absolute atomic E-state index is 0.0846. The molecule has 108 valence electrons. The second-order valence-corrected chi connectivity index (χ2v) is 6.66. The van der Waals surface area contributed by atoms with Gasteiger partial charge in [-0.05, 0) is 50.4 Å². The first-order chi connectivity index (χ1) is 9.86. The predicted molar refractivity (Wildman–Crippen MR) is 85.2 cm³/mol. The summed E-state index contributed by atoms with van der Waals surface area (Å²) in [5.41, 5.74) is 0.629. The van der Waals surface area contributed by atoms with Crippen LogP contribution < -0.4 is 5.56 Å². The molecule has 0 saturated carbocycles. The highest BCUT2D eigenvalue weighted by molar-refractivity contribution is 7.19. The molecule has 0 aromatic carbocycles. The van der Waals surface area contributed by atoms with E-state index in [1.807, 2.05) is 31.2 Å². The number of thiophene rings is 1. The maximum absolute atomic E-state index is 12.6. The van der Waals surface area contributed by atoms with E-state index in [9.17, 15) is 9.90 Å². The summed E-state index contributed by atoms with van der Waals surface area (Å²) in [4.78, 5) is 17.6. The van der Waals surface area contributed by atoms with E-state index in [-0.39, 0.29) is 5.56 Å². The smallest absolute Gasteiger partial charge is 0.273 e. The molecular weight excluding hydrogens is 284 g/mol. The lowest BCUT2D eigenvalue weighted by Gasteiger charge is -2.13. The average molecular weight is 300 g/mol. The standard InChI is InChI=1S/C16H16N2O2S/c1-10-4-5-12(9-17-10)18-7-6-11-8-13(16(2,3)20)21-14(11)15(18)19/h4-9,20H,1-3H3. The topological polar surface area (TPSA) is 55.1 Å². The van der Waals surface area contributed by atoms with Gasteiger partial charge >= 0.3 is 0 Å². The number of pyridine rings is 2. The first kappa shape index (κ1) is 14.0. The summed E-state index contributed by atoms with van der Waals surface area (Å²) in [5.74, 6) is 0. The Morgan fingerprint density at radius 2 is 2.05 bits per heavy atom. The first-order valence-electron chi connectivity index (χ1n) is 6.67. The maximum atomic E-state index is 12.6. The van der Waals surface area contributed by atoms with Crippen LogP contribution in [0, 0.1) is 6.92 Å². The number of hydrogen-bond donors (Lipinski definition) is 1. The van der Waals surface area contributed by atoms with Gasteiger partial charge in [0.1, 0.15) is 4.70 Å². The molecule has 3 rings (SSSR count). The Hall–Kier alpha value is -1.98. The minimum Gasteiger partial charge on any atom is -0.385 e. The van der Waals surface area contributed by atoms with E-state index in [1.165, 1.54) is 11.3 Å². The molecule has 0 fully saturated rings. The van der Waals surface area contributed by atoms with Crippen molar-refractivity contribution in [2.75, 3.05) is 0 Å². The number of aliphatic hydroxyl groups is 1. The molecule has 0 saturated heterocycles. The summed E-state index contributed by atoms with van der Waals surface area (Å²) >= 11 is 1.34. The van der Waals surface area contributed by atoms with Crippen LogP contribution in [0.4, 0.5) is 0 Å². The summed E-state index contributed by atoms with van der Waals surface area (Å²) in [7, 11) is 0. The lowest BCUT2D eigenvalue weighted by molar-refractivity contribution is 0.0826. The number of aromatic nitrogens is 2. The molecule has 0 aliphatic heterocycles. The summed E-state index contributed by atoms with van der Waals surface area (Å²) in [6.07, 6.45) is 3.44. The van der Waals surface area contributed by atoms with E-state index < -0.39 is 5.60 Å². The minimum atomic E-state index is -0.938. The number of rotatable bonds is 2. The second-order valence-electron chi connectivity index (χ2n) is 5.60. The van der Waals surface area contributed by atoms with Gasteiger partial charge in [-0.1, -0.05) is 0 Å². The highest BCUT2D eigenvalue weighted by atomic mass is 32.1. The van der Waals surface area contributed by atoms with Gasteiger partial charge in [0.05, 0.1) is 17.5 Å². The van der Waals surface area contributed by atoms with Gasteiger partial charge in [-0.3, -0.25) is 14.3 Å². The number of hydrogen-bond acceptors (Lipinski definition) is 4. The number of aryl methyl sites for hydroxylation is 1. The van der Waals surface area contributed by atoms with Crippen molar-refractivity contribution in [2.24, 2.45) is 0 Å². The van der Waals surface area contributed by atoms with Crippen molar-refractivity contribution in [3.8, 4) is 5.69 Å². The van der Waals surface area contributed by atoms with E-state index >= 15 is 0 Å². The molecule has 0 spiro atoms. The van der Waals surface area contributed by atoms with Crippen molar-refractivity contribution < 1.29 is 5.11 Å². The van der Waals surface area contributed by atoms with Gasteiger partial charge in [0.2, 0.25) is 0 Å². The Morgan fingerprint density at radius 3 is 2.67 bits per heavy atom. The molecule has 1 N–H and O–H groups in total. The SMILES string of the molecule is Cc1ccc(-n2ccc3cc(C(C)(C)O)sc3c2=O)cn1. The largest absolute Gasteiger partial charge is 0.385 e. The fourth-order valence-electron chi connectivity index (χ4n) is 2.14. The second kappa shape index (κ2) is 4.79. The van der Waals surface area contributed by atoms with Crippen molar-refractivity contribution >= 4 is 21.4 Å². The van der Waals surface area contributed by atoms with Crippen LogP contribution in [-0.4, -0.2) is 14.7 Å². The molecular formula is C16H16N2O2S. The van der Waals surface area contributed by atoms with Crippen LogP contribution in [0.25, 0.3) is 15.8 Å². The Bertz CT molecular complexity index is 855. The lowest BCUT2D eigenvalue weighted by Crippen LogP contribution is -2.16. The molecule has 3 aromatic heterocycles. The maximum Gasteiger partial charge on any atom is 0.273 e. The molecule has 3 heterocycles. The molecule has 0 unspecified atom stereocenters. The van der Waals surface area contributed by atoms with Gasteiger partial charge in [-0.15, -0.1) is 11.3 Å². The molecule has 3 aromatic rings.